The van der Waals surface area contributed by atoms with Gasteiger partial charge in [-0.05, 0) is 23.2 Å². The van der Waals surface area contributed by atoms with Crippen LogP contribution in [0.2, 0.25) is 5.02 Å². The monoisotopic (exact) mass is 266 g/mol. The third-order valence-corrected chi connectivity index (χ3v) is 3.09. The van der Waals surface area contributed by atoms with Gasteiger partial charge in [-0.2, -0.15) is 0 Å². The standard InChI is InChI=1S/C9H5ClO4S.Na/c10-7-5-3-1-2-4-6(5)14-9(11)8(7)15(12)13;/h1-4H,(H,12,13);/q;+1/p-1. The van der Waals surface area contributed by atoms with Gasteiger partial charge in [0.15, 0.2) is 0 Å². The van der Waals surface area contributed by atoms with Crippen LogP contribution in [0.15, 0.2) is 38.4 Å². The third-order valence-electron chi connectivity index (χ3n) is 1.88. The fourth-order valence-corrected chi connectivity index (χ4v) is 2.09. The van der Waals surface area contributed by atoms with Crippen molar-refractivity contribution in [3.05, 3.63) is 39.7 Å². The van der Waals surface area contributed by atoms with Crippen LogP contribution in [-0.2, 0) is 11.1 Å². The summed E-state index contributed by atoms with van der Waals surface area (Å²) in [6.45, 7) is 0. The molecule has 1 aromatic carbocycles. The fraction of sp³-hybridized carbons (Fsp3) is 0. The van der Waals surface area contributed by atoms with Crippen molar-refractivity contribution in [1.82, 2.24) is 0 Å². The van der Waals surface area contributed by atoms with Crippen LogP contribution in [0.25, 0.3) is 11.0 Å². The molecule has 1 aromatic heterocycles. The molecule has 0 aliphatic rings. The zero-order valence-electron chi connectivity index (χ0n) is 8.23. The maximum atomic E-state index is 11.3. The van der Waals surface area contributed by atoms with Crippen LogP contribution in [0.3, 0.4) is 0 Å². The van der Waals surface area contributed by atoms with Crippen molar-refractivity contribution in [3.63, 3.8) is 0 Å². The van der Waals surface area contributed by atoms with E-state index in [-0.39, 0.29) is 40.2 Å². The quantitative estimate of drug-likeness (QED) is 0.365. The van der Waals surface area contributed by atoms with Crippen molar-refractivity contribution in [2.75, 3.05) is 0 Å². The molecule has 0 aliphatic carbocycles. The van der Waals surface area contributed by atoms with Crippen molar-refractivity contribution >= 4 is 33.7 Å². The fourth-order valence-electron chi connectivity index (χ4n) is 1.24. The number of halogens is 1. The van der Waals surface area contributed by atoms with Crippen molar-refractivity contribution in [3.8, 4) is 0 Å². The maximum Gasteiger partial charge on any atom is 1.00 e. The average molecular weight is 267 g/mol. The number of fused-ring (bicyclic) bond motifs is 1. The molecular weight excluding hydrogens is 263 g/mol. The Bertz CT molecular complexity index is 610. The van der Waals surface area contributed by atoms with E-state index in [0.29, 0.717) is 5.39 Å². The summed E-state index contributed by atoms with van der Waals surface area (Å²) < 4.78 is 26.3. The second kappa shape index (κ2) is 5.44. The summed E-state index contributed by atoms with van der Waals surface area (Å²) in [5, 5.41) is 0.299. The molecule has 0 fully saturated rings. The minimum atomic E-state index is -2.70. The molecule has 0 N–H and O–H groups in total. The summed E-state index contributed by atoms with van der Waals surface area (Å²) in [5.74, 6) is 0. The first-order chi connectivity index (χ1) is 7.11. The molecule has 1 heterocycles. The minimum absolute atomic E-state index is 0. The van der Waals surface area contributed by atoms with E-state index in [0.717, 1.165) is 0 Å². The normalized spacial score (nSPS) is 12.1. The van der Waals surface area contributed by atoms with Crippen LogP contribution in [0.1, 0.15) is 0 Å². The first kappa shape index (κ1) is 13.9. The summed E-state index contributed by atoms with van der Waals surface area (Å²) >= 11 is 3.09. The van der Waals surface area contributed by atoms with E-state index in [2.05, 4.69) is 0 Å². The van der Waals surface area contributed by atoms with Gasteiger partial charge < -0.3 is 8.97 Å². The van der Waals surface area contributed by atoms with E-state index in [1.807, 2.05) is 0 Å². The predicted molar refractivity (Wildman–Crippen MR) is 54.7 cm³/mol. The van der Waals surface area contributed by atoms with E-state index in [4.69, 9.17) is 16.0 Å². The van der Waals surface area contributed by atoms with Crippen molar-refractivity contribution in [2.45, 2.75) is 4.90 Å². The minimum Gasteiger partial charge on any atom is -0.768 e. The number of para-hydroxylation sites is 1. The molecular formula is C9H4ClNaO4S. The molecule has 1 atom stereocenters. The van der Waals surface area contributed by atoms with E-state index >= 15 is 0 Å². The maximum absolute atomic E-state index is 11.3. The van der Waals surface area contributed by atoms with Gasteiger partial charge in [-0.3, -0.25) is 4.21 Å². The molecule has 78 valence electrons. The first-order valence-corrected chi connectivity index (χ1v) is 5.37. The zero-order valence-corrected chi connectivity index (χ0v) is 11.8. The van der Waals surface area contributed by atoms with Crippen molar-refractivity contribution < 1.29 is 42.7 Å². The smallest absolute Gasteiger partial charge is 0.768 e. The van der Waals surface area contributed by atoms with Crippen LogP contribution in [-0.4, -0.2) is 8.76 Å². The summed E-state index contributed by atoms with van der Waals surface area (Å²) in [5.41, 5.74) is -0.686. The number of hydrogen-bond donors (Lipinski definition) is 0. The van der Waals surface area contributed by atoms with Gasteiger partial charge in [-0.15, -0.1) is 0 Å². The van der Waals surface area contributed by atoms with Gasteiger partial charge in [-0.25, -0.2) is 4.79 Å². The van der Waals surface area contributed by atoms with Crippen LogP contribution >= 0.6 is 11.6 Å². The van der Waals surface area contributed by atoms with Gasteiger partial charge in [-0.1, -0.05) is 23.7 Å². The van der Waals surface area contributed by atoms with Crippen LogP contribution in [0.4, 0.5) is 0 Å². The van der Waals surface area contributed by atoms with Crippen molar-refractivity contribution in [2.24, 2.45) is 0 Å². The predicted octanol–water partition coefficient (Wildman–Crippen LogP) is -1.31. The first-order valence-electron chi connectivity index (χ1n) is 3.92. The van der Waals surface area contributed by atoms with Gasteiger partial charge in [0.25, 0.3) is 0 Å². The molecule has 7 heteroatoms. The Morgan fingerprint density at radius 1 is 1.31 bits per heavy atom. The Hall–Kier alpha value is -0.170. The Morgan fingerprint density at radius 2 is 1.94 bits per heavy atom. The van der Waals surface area contributed by atoms with Crippen molar-refractivity contribution in [1.29, 1.82) is 0 Å². The van der Waals surface area contributed by atoms with Gasteiger partial charge >= 0.3 is 35.2 Å². The van der Waals surface area contributed by atoms with E-state index < -0.39 is 21.6 Å². The molecule has 2 rings (SSSR count). The van der Waals surface area contributed by atoms with Gasteiger partial charge in [0, 0.05) is 5.39 Å². The van der Waals surface area contributed by atoms with Gasteiger partial charge in [0.05, 0.1) is 5.02 Å². The summed E-state index contributed by atoms with van der Waals surface area (Å²) in [7, 11) is 0. The van der Waals surface area contributed by atoms with Gasteiger partial charge in [0.1, 0.15) is 10.5 Å². The number of hydrogen-bond acceptors (Lipinski definition) is 4. The summed E-state index contributed by atoms with van der Waals surface area (Å²) in [4.78, 5) is 10.7. The molecule has 0 bridgehead atoms. The zero-order chi connectivity index (χ0) is 11.0. The number of rotatable bonds is 1. The van der Waals surface area contributed by atoms with E-state index in [1.54, 1.807) is 24.3 Å². The molecule has 0 radical (unpaired) electrons. The Kier molecular flexibility index (Phi) is 4.73. The van der Waals surface area contributed by atoms with E-state index in [1.165, 1.54) is 0 Å². The summed E-state index contributed by atoms with van der Waals surface area (Å²) in [6, 6.07) is 6.46. The Labute approximate surface area is 120 Å². The molecule has 0 saturated carbocycles. The number of benzene rings is 1. The van der Waals surface area contributed by atoms with Gasteiger partial charge in [0.2, 0.25) is 0 Å². The molecule has 4 nitrogen and oxygen atoms in total. The molecule has 16 heavy (non-hydrogen) atoms. The van der Waals surface area contributed by atoms with Crippen LogP contribution < -0.4 is 35.2 Å². The average Bonchev–Trinajstić information content (AvgIpc) is 2.17. The molecule has 0 spiro atoms. The second-order valence-electron chi connectivity index (χ2n) is 2.76. The second-order valence-corrected chi connectivity index (χ2v) is 4.02. The third kappa shape index (κ3) is 2.40. The van der Waals surface area contributed by atoms with Crippen LogP contribution in [0.5, 0.6) is 0 Å². The SMILES string of the molecule is O=c1oc2ccccc2c(Cl)c1S(=O)[O-].[Na+]. The molecule has 1 unspecified atom stereocenters. The topological polar surface area (TPSA) is 70.3 Å². The Morgan fingerprint density at radius 3 is 2.56 bits per heavy atom. The van der Waals surface area contributed by atoms with Crippen LogP contribution in [0, 0.1) is 0 Å². The Balaban J connectivity index is 0.00000128. The molecule has 2 aromatic rings. The molecule has 0 amide bonds. The summed E-state index contributed by atoms with van der Waals surface area (Å²) in [6.07, 6.45) is 0. The largest absolute Gasteiger partial charge is 1.00 e. The van der Waals surface area contributed by atoms with E-state index in [9.17, 15) is 13.6 Å². The molecule has 0 aliphatic heterocycles. The molecule has 0 saturated heterocycles.